The maximum atomic E-state index is 13.2. The van der Waals surface area contributed by atoms with E-state index in [2.05, 4.69) is 26.6 Å². The molecule has 1 heterocycles. The van der Waals surface area contributed by atoms with Crippen LogP contribution in [0.1, 0.15) is 34.1 Å². The van der Waals surface area contributed by atoms with Crippen molar-refractivity contribution in [2.24, 2.45) is 0 Å². The number of esters is 1. The molecule has 4 rings (SSSR count). The van der Waals surface area contributed by atoms with Gasteiger partial charge in [-0.2, -0.15) is 0 Å². The van der Waals surface area contributed by atoms with Crippen molar-refractivity contribution in [2.75, 3.05) is 22.1 Å². The van der Waals surface area contributed by atoms with Crippen molar-refractivity contribution in [1.82, 2.24) is 0 Å². The average molecular weight is 583 g/mol. The van der Waals surface area contributed by atoms with Gasteiger partial charge in [0.25, 0.3) is 17.7 Å². The molecule has 0 saturated heterocycles. The molecule has 3 aromatic rings. The van der Waals surface area contributed by atoms with Crippen molar-refractivity contribution in [3.8, 4) is 0 Å². The Morgan fingerprint density at radius 3 is 2.43 bits per heavy atom. The Bertz CT molecular complexity index is 1440. The van der Waals surface area contributed by atoms with E-state index in [-0.39, 0.29) is 34.5 Å². The Balaban J connectivity index is 1.53. The molecule has 10 heteroatoms. The van der Waals surface area contributed by atoms with Crippen molar-refractivity contribution < 1.29 is 23.9 Å². The summed E-state index contributed by atoms with van der Waals surface area (Å²) >= 11 is 9.63. The zero-order valence-corrected chi connectivity index (χ0v) is 21.9. The summed E-state index contributed by atoms with van der Waals surface area (Å²) in [6.45, 7) is 2.13. The van der Waals surface area contributed by atoms with Gasteiger partial charge in [-0.25, -0.2) is 9.69 Å². The highest BCUT2D eigenvalue weighted by Gasteiger charge is 2.39. The zero-order valence-electron chi connectivity index (χ0n) is 19.6. The third-order valence-corrected chi connectivity index (χ3v) is 6.36. The highest BCUT2D eigenvalue weighted by molar-refractivity contribution is 9.10. The fraction of sp³-hybridized carbons (Fsp3) is 0.111. The van der Waals surface area contributed by atoms with Gasteiger partial charge in [0.2, 0.25) is 0 Å². The molecular weight excluding hydrogens is 562 g/mol. The Kier molecular flexibility index (Phi) is 8.05. The van der Waals surface area contributed by atoms with Gasteiger partial charge < -0.3 is 15.4 Å². The second kappa shape index (κ2) is 11.4. The van der Waals surface area contributed by atoms with Crippen LogP contribution in [0.4, 0.5) is 17.1 Å². The van der Waals surface area contributed by atoms with Gasteiger partial charge in [0.1, 0.15) is 10.7 Å². The van der Waals surface area contributed by atoms with Crippen LogP contribution in [0.3, 0.4) is 0 Å². The molecule has 0 radical (unpaired) electrons. The lowest BCUT2D eigenvalue weighted by Gasteiger charge is -2.16. The molecule has 3 amide bonds. The standard InChI is InChI=1S/C27H21BrClN3O5/c1-2-13-37-27(36)17-8-6-10-19(15-17)32-25(34)22(29)23(26(32)35)30-18-9-5-7-16(14-18)24(33)31-21-12-4-3-11-20(21)28/h3-12,14-15,30H,2,13H2,1H3,(H,31,33). The molecule has 2 N–H and O–H groups in total. The van der Waals surface area contributed by atoms with Gasteiger partial charge in [-0.05, 0) is 70.9 Å². The molecule has 0 atom stereocenters. The van der Waals surface area contributed by atoms with Crippen LogP contribution in [0, 0.1) is 0 Å². The van der Waals surface area contributed by atoms with E-state index < -0.39 is 17.8 Å². The third kappa shape index (κ3) is 5.73. The molecule has 8 nitrogen and oxygen atoms in total. The average Bonchev–Trinajstić information content (AvgIpc) is 3.11. The predicted molar refractivity (Wildman–Crippen MR) is 145 cm³/mol. The summed E-state index contributed by atoms with van der Waals surface area (Å²) in [7, 11) is 0. The number of nitrogens with one attached hydrogen (secondary N) is 2. The van der Waals surface area contributed by atoms with Crippen LogP contribution in [-0.2, 0) is 14.3 Å². The summed E-state index contributed by atoms with van der Waals surface area (Å²) in [6.07, 6.45) is 0.662. The van der Waals surface area contributed by atoms with Crippen molar-refractivity contribution in [2.45, 2.75) is 13.3 Å². The first-order valence-electron chi connectivity index (χ1n) is 11.3. The van der Waals surface area contributed by atoms with Gasteiger partial charge in [-0.1, -0.05) is 42.8 Å². The molecular formula is C27H21BrClN3O5. The molecule has 0 unspecified atom stereocenters. The molecule has 1 aliphatic heterocycles. The fourth-order valence-electron chi connectivity index (χ4n) is 3.54. The quantitative estimate of drug-likeness (QED) is 0.261. The van der Waals surface area contributed by atoms with Gasteiger partial charge >= 0.3 is 5.97 Å². The molecule has 0 fully saturated rings. The number of nitrogens with zero attached hydrogens (tertiary/aromatic N) is 1. The molecule has 188 valence electrons. The lowest BCUT2D eigenvalue weighted by molar-refractivity contribution is -0.120. The molecule has 1 aliphatic rings. The third-order valence-electron chi connectivity index (χ3n) is 5.32. The maximum Gasteiger partial charge on any atom is 0.338 e. The summed E-state index contributed by atoms with van der Waals surface area (Å²) in [5.41, 5.74) is 1.54. The van der Waals surface area contributed by atoms with Crippen LogP contribution in [0.5, 0.6) is 0 Å². The number of carbonyl (C=O) groups excluding carboxylic acids is 4. The summed E-state index contributed by atoms with van der Waals surface area (Å²) in [5, 5.41) is 5.36. The summed E-state index contributed by atoms with van der Waals surface area (Å²) in [5.74, 6) is -2.36. The van der Waals surface area contributed by atoms with E-state index in [1.54, 1.807) is 42.5 Å². The lowest BCUT2D eigenvalue weighted by atomic mass is 10.1. The molecule has 0 spiro atoms. The highest BCUT2D eigenvalue weighted by atomic mass is 79.9. The number of benzene rings is 3. The number of amides is 3. The lowest BCUT2D eigenvalue weighted by Crippen LogP contribution is -2.32. The number of anilines is 3. The van der Waals surface area contributed by atoms with Gasteiger partial charge in [0.05, 0.1) is 23.5 Å². The number of imide groups is 1. The summed E-state index contributed by atoms with van der Waals surface area (Å²) < 4.78 is 5.86. The summed E-state index contributed by atoms with van der Waals surface area (Å²) in [4.78, 5) is 51.9. The van der Waals surface area contributed by atoms with E-state index in [1.807, 2.05) is 13.0 Å². The molecule has 0 saturated carbocycles. The minimum Gasteiger partial charge on any atom is -0.462 e. The van der Waals surface area contributed by atoms with Crippen LogP contribution >= 0.6 is 27.5 Å². The Morgan fingerprint density at radius 1 is 0.946 bits per heavy atom. The van der Waals surface area contributed by atoms with Crippen molar-refractivity contribution in [3.63, 3.8) is 0 Å². The van der Waals surface area contributed by atoms with E-state index in [1.165, 1.54) is 24.3 Å². The number of halogens is 2. The maximum absolute atomic E-state index is 13.2. The Morgan fingerprint density at radius 2 is 1.68 bits per heavy atom. The minimum atomic E-state index is -0.740. The first kappa shape index (κ1) is 26.1. The first-order chi connectivity index (χ1) is 17.8. The SMILES string of the molecule is CCCOC(=O)c1cccc(N2C(=O)C(Cl)=C(Nc3cccc(C(=O)Nc4ccccc4Br)c3)C2=O)c1. The second-order valence-electron chi connectivity index (χ2n) is 7.96. The van der Waals surface area contributed by atoms with E-state index in [4.69, 9.17) is 16.3 Å². The van der Waals surface area contributed by atoms with Gasteiger partial charge in [-0.3, -0.25) is 14.4 Å². The number of para-hydroxylation sites is 1. The number of carbonyl (C=O) groups is 4. The zero-order chi connectivity index (χ0) is 26.5. The normalized spacial score (nSPS) is 13.1. The molecule has 3 aromatic carbocycles. The van der Waals surface area contributed by atoms with E-state index >= 15 is 0 Å². The molecule has 0 aromatic heterocycles. The molecule has 0 bridgehead atoms. The van der Waals surface area contributed by atoms with E-state index in [9.17, 15) is 19.2 Å². The van der Waals surface area contributed by atoms with Gasteiger partial charge in [0, 0.05) is 15.7 Å². The molecule has 37 heavy (non-hydrogen) atoms. The van der Waals surface area contributed by atoms with Crippen LogP contribution in [-0.4, -0.2) is 30.3 Å². The smallest absolute Gasteiger partial charge is 0.338 e. The van der Waals surface area contributed by atoms with Crippen molar-refractivity contribution in [1.29, 1.82) is 0 Å². The van der Waals surface area contributed by atoms with Gasteiger partial charge in [-0.15, -0.1) is 0 Å². The number of rotatable bonds is 8. The van der Waals surface area contributed by atoms with Crippen LogP contribution < -0.4 is 15.5 Å². The van der Waals surface area contributed by atoms with Crippen LogP contribution in [0.15, 0.2) is 88.0 Å². The number of hydrogen-bond acceptors (Lipinski definition) is 6. The van der Waals surface area contributed by atoms with Crippen LogP contribution in [0.2, 0.25) is 0 Å². The second-order valence-corrected chi connectivity index (χ2v) is 9.19. The molecule has 0 aliphatic carbocycles. The Labute approximate surface area is 226 Å². The van der Waals surface area contributed by atoms with Crippen molar-refractivity contribution in [3.05, 3.63) is 99.1 Å². The van der Waals surface area contributed by atoms with E-state index in [0.29, 0.717) is 23.4 Å². The van der Waals surface area contributed by atoms with Crippen molar-refractivity contribution >= 4 is 68.3 Å². The minimum absolute atomic E-state index is 0.144. The number of ether oxygens (including phenoxy) is 1. The first-order valence-corrected chi connectivity index (χ1v) is 12.5. The predicted octanol–water partition coefficient (Wildman–Crippen LogP) is 5.70. The summed E-state index contributed by atoms with van der Waals surface area (Å²) in [6, 6.07) is 19.6. The fourth-order valence-corrected chi connectivity index (χ4v) is 4.13. The topological polar surface area (TPSA) is 105 Å². The monoisotopic (exact) mass is 581 g/mol. The van der Waals surface area contributed by atoms with E-state index in [0.717, 1.165) is 9.37 Å². The Hall–Kier alpha value is -3.95. The van der Waals surface area contributed by atoms with Gasteiger partial charge in [0.15, 0.2) is 0 Å². The largest absolute Gasteiger partial charge is 0.462 e. The number of hydrogen-bond donors (Lipinski definition) is 2. The highest BCUT2D eigenvalue weighted by Crippen LogP contribution is 2.31. The van der Waals surface area contributed by atoms with Crippen LogP contribution in [0.25, 0.3) is 0 Å².